The normalized spacial score (nSPS) is 15.0. The van der Waals surface area contributed by atoms with Crippen molar-refractivity contribution in [3.63, 3.8) is 0 Å². The first-order valence-corrected chi connectivity index (χ1v) is 9.45. The number of likely N-dealkylation sites (tertiary alicyclic amines) is 1. The number of nitrogens with zero attached hydrogens (tertiary/aromatic N) is 1. The Labute approximate surface area is 150 Å². The van der Waals surface area contributed by atoms with Crippen LogP contribution in [0.2, 0.25) is 0 Å². The molecule has 0 unspecified atom stereocenters. The molecule has 0 aliphatic carbocycles. The topological polar surface area (TPSA) is 58.6 Å². The third kappa shape index (κ3) is 5.76. The van der Waals surface area contributed by atoms with Gasteiger partial charge in [-0.1, -0.05) is 20.3 Å². The maximum absolute atomic E-state index is 12.6. The molecule has 0 saturated carbocycles. The van der Waals surface area contributed by atoms with E-state index in [0.29, 0.717) is 25.3 Å². The van der Waals surface area contributed by atoms with Gasteiger partial charge in [-0.2, -0.15) is 0 Å². The third-order valence-corrected chi connectivity index (χ3v) is 4.57. The molecule has 1 saturated heterocycles. The zero-order chi connectivity index (χ0) is 18.1. The number of ether oxygens (including phenoxy) is 1. The van der Waals surface area contributed by atoms with Gasteiger partial charge >= 0.3 is 0 Å². The van der Waals surface area contributed by atoms with Crippen LogP contribution in [0.5, 0.6) is 5.75 Å². The molecule has 0 radical (unpaired) electrons. The van der Waals surface area contributed by atoms with Gasteiger partial charge in [0.25, 0.3) is 5.91 Å². The van der Waals surface area contributed by atoms with E-state index in [-0.39, 0.29) is 17.7 Å². The second kappa shape index (κ2) is 10.1. The fourth-order valence-corrected chi connectivity index (χ4v) is 2.95. The molecule has 1 aliphatic rings. The van der Waals surface area contributed by atoms with Crippen LogP contribution in [0.3, 0.4) is 0 Å². The average molecular weight is 346 g/mol. The summed E-state index contributed by atoms with van der Waals surface area (Å²) in [5, 5.41) is 2.95. The maximum atomic E-state index is 12.6. The lowest BCUT2D eigenvalue weighted by Crippen LogP contribution is -2.43. The van der Waals surface area contributed by atoms with Gasteiger partial charge in [0, 0.05) is 31.1 Å². The van der Waals surface area contributed by atoms with Gasteiger partial charge in [-0.25, -0.2) is 0 Å². The number of rotatable bonds is 8. The molecule has 2 rings (SSSR count). The second-order valence-corrected chi connectivity index (χ2v) is 6.58. The van der Waals surface area contributed by atoms with E-state index in [1.807, 2.05) is 36.1 Å². The number of unbranched alkanes of at least 4 members (excludes halogenated alkanes) is 1. The fourth-order valence-electron chi connectivity index (χ4n) is 2.95. The lowest BCUT2D eigenvalue weighted by molar-refractivity contribution is -0.126. The molecule has 2 amide bonds. The van der Waals surface area contributed by atoms with E-state index in [1.165, 1.54) is 0 Å². The highest BCUT2D eigenvalue weighted by Gasteiger charge is 2.27. The van der Waals surface area contributed by atoms with Crippen LogP contribution in [0.15, 0.2) is 24.3 Å². The number of hydrogen-bond donors (Lipinski definition) is 1. The molecule has 1 N–H and O–H groups in total. The molecule has 1 aromatic carbocycles. The van der Waals surface area contributed by atoms with Crippen LogP contribution in [0.1, 0.15) is 56.3 Å². The van der Waals surface area contributed by atoms with Crippen LogP contribution < -0.4 is 10.1 Å². The Morgan fingerprint density at radius 3 is 2.40 bits per heavy atom. The number of carbonyl (C=O) groups is 2. The summed E-state index contributed by atoms with van der Waals surface area (Å²) in [5.41, 5.74) is 0.678. The zero-order valence-corrected chi connectivity index (χ0v) is 15.4. The van der Waals surface area contributed by atoms with E-state index in [1.54, 1.807) is 0 Å². The quantitative estimate of drug-likeness (QED) is 0.735. The van der Waals surface area contributed by atoms with Crippen molar-refractivity contribution in [3.05, 3.63) is 29.8 Å². The lowest BCUT2D eigenvalue weighted by Gasteiger charge is -2.31. The van der Waals surface area contributed by atoms with Crippen molar-refractivity contribution in [2.24, 2.45) is 5.92 Å². The molecule has 0 bridgehead atoms. The van der Waals surface area contributed by atoms with Crippen molar-refractivity contribution in [1.82, 2.24) is 10.2 Å². The fraction of sp³-hybridized carbons (Fsp3) is 0.600. The highest BCUT2D eigenvalue weighted by Crippen LogP contribution is 2.20. The SMILES string of the molecule is CCCCOc1ccc(C(=O)N2CCC(C(=O)NCCC)CC2)cc1. The lowest BCUT2D eigenvalue weighted by atomic mass is 9.95. The smallest absolute Gasteiger partial charge is 0.253 e. The number of hydrogen-bond acceptors (Lipinski definition) is 3. The van der Waals surface area contributed by atoms with E-state index in [4.69, 9.17) is 4.74 Å². The van der Waals surface area contributed by atoms with Crippen LogP contribution >= 0.6 is 0 Å². The summed E-state index contributed by atoms with van der Waals surface area (Å²) in [6.45, 7) is 6.88. The van der Waals surface area contributed by atoms with Gasteiger partial charge < -0.3 is 15.0 Å². The van der Waals surface area contributed by atoms with Crippen LogP contribution in [-0.2, 0) is 4.79 Å². The Hall–Kier alpha value is -2.04. The monoisotopic (exact) mass is 346 g/mol. The van der Waals surface area contributed by atoms with E-state index in [9.17, 15) is 9.59 Å². The van der Waals surface area contributed by atoms with E-state index in [0.717, 1.165) is 44.4 Å². The van der Waals surface area contributed by atoms with Gasteiger partial charge in [0.15, 0.2) is 0 Å². The van der Waals surface area contributed by atoms with Crippen LogP contribution in [0.25, 0.3) is 0 Å². The predicted molar refractivity (Wildman–Crippen MR) is 98.8 cm³/mol. The molecule has 0 atom stereocenters. The van der Waals surface area contributed by atoms with Crippen molar-refractivity contribution >= 4 is 11.8 Å². The first kappa shape index (κ1) is 19.3. The molecule has 1 aliphatic heterocycles. The molecule has 138 valence electrons. The van der Waals surface area contributed by atoms with Crippen LogP contribution in [-0.4, -0.2) is 43.0 Å². The van der Waals surface area contributed by atoms with Gasteiger partial charge in [-0.15, -0.1) is 0 Å². The summed E-state index contributed by atoms with van der Waals surface area (Å²) in [5.74, 6) is 0.997. The molecular formula is C20H30N2O3. The van der Waals surface area contributed by atoms with Gasteiger partial charge in [0.1, 0.15) is 5.75 Å². The van der Waals surface area contributed by atoms with Crippen molar-refractivity contribution in [1.29, 1.82) is 0 Å². The first-order chi connectivity index (χ1) is 12.2. The molecule has 25 heavy (non-hydrogen) atoms. The first-order valence-electron chi connectivity index (χ1n) is 9.45. The van der Waals surface area contributed by atoms with Gasteiger partial charge in [-0.3, -0.25) is 9.59 Å². The van der Waals surface area contributed by atoms with Crippen molar-refractivity contribution in [2.75, 3.05) is 26.2 Å². The summed E-state index contributed by atoms with van der Waals surface area (Å²) in [6.07, 6.45) is 4.55. The van der Waals surface area contributed by atoms with Gasteiger partial charge in [0.05, 0.1) is 6.61 Å². The molecule has 5 heteroatoms. The minimum atomic E-state index is 0.0324. The molecular weight excluding hydrogens is 316 g/mol. The highest BCUT2D eigenvalue weighted by atomic mass is 16.5. The largest absolute Gasteiger partial charge is 0.494 e. The molecule has 1 heterocycles. The molecule has 0 aromatic heterocycles. The Balaban J connectivity index is 1.82. The average Bonchev–Trinajstić information content (AvgIpc) is 2.66. The van der Waals surface area contributed by atoms with Crippen LogP contribution in [0, 0.1) is 5.92 Å². The molecule has 0 spiro atoms. The summed E-state index contributed by atoms with van der Waals surface area (Å²) in [7, 11) is 0. The summed E-state index contributed by atoms with van der Waals surface area (Å²) >= 11 is 0. The Bertz CT molecular complexity index is 549. The Kier molecular flexibility index (Phi) is 7.76. The minimum absolute atomic E-state index is 0.0324. The Morgan fingerprint density at radius 2 is 1.80 bits per heavy atom. The zero-order valence-electron chi connectivity index (χ0n) is 15.4. The van der Waals surface area contributed by atoms with Gasteiger partial charge in [0.2, 0.25) is 5.91 Å². The summed E-state index contributed by atoms with van der Waals surface area (Å²) < 4.78 is 5.63. The number of amides is 2. The highest BCUT2D eigenvalue weighted by molar-refractivity contribution is 5.94. The number of piperidine rings is 1. The van der Waals surface area contributed by atoms with Gasteiger partial charge in [-0.05, 0) is 49.9 Å². The van der Waals surface area contributed by atoms with Crippen molar-refractivity contribution < 1.29 is 14.3 Å². The minimum Gasteiger partial charge on any atom is -0.494 e. The molecule has 1 aromatic rings. The second-order valence-electron chi connectivity index (χ2n) is 6.58. The number of carbonyl (C=O) groups excluding carboxylic acids is 2. The number of benzene rings is 1. The van der Waals surface area contributed by atoms with Crippen molar-refractivity contribution in [2.45, 2.75) is 46.0 Å². The summed E-state index contributed by atoms with van der Waals surface area (Å²) in [4.78, 5) is 26.5. The summed E-state index contributed by atoms with van der Waals surface area (Å²) in [6, 6.07) is 7.36. The van der Waals surface area contributed by atoms with E-state index < -0.39 is 0 Å². The van der Waals surface area contributed by atoms with Crippen LogP contribution in [0.4, 0.5) is 0 Å². The predicted octanol–water partition coefficient (Wildman–Crippen LogP) is 3.24. The molecule has 5 nitrogen and oxygen atoms in total. The third-order valence-electron chi connectivity index (χ3n) is 4.57. The number of nitrogens with one attached hydrogen (secondary N) is 1. The van der Waals surface area contributed by atoms with Crippen molar-refractivity contribution in [3.8, 4) is 5.75 Å². The molecule has 1 fully saturated rings. The van der Waals surface area contributed by atoms with E-state index in [2.05, 4.69) is 12.2 Å². The Morgan fingerprint density at radius 1 is 1.12 bits per heavy atom. The van der Waals surface area contributed by atoms with E-state index >= 15 is 0 Å². The standard InChI is InChI=1S/C20H30N2O3/c1-3-5-15-25-18-8-6-17(7-9-18)20(24)22-13-10-16(11-14-22)19(23)21-12-4-2/h6-9,16H,3-5,10-15H2,1-2H3,(H,21,23). The maximum Gasteiger partial charge on any atom is 0.253 e.